The summed E-state index contributed by atoms with van der Waals surface area (Å²) < 4.78 is 41.0. The minimum Gasteiger partial charge on any atom is -0.404 e. The van der Waals surface area contributed by atoms with E-state index in [0.29, 0.717) is 4.47 Å². The number of carbonyl (C=O) groups excluding carboxylic acids is 1. The van der Waals surface area contributed by atoms with Crippen molar-refractivity contribution in [2.75, 3.05) is 5.32 Å². The number of nitrogens with two attached hydrogens (primary N) is 1. The van der Waals surface area contributed by atoms with Crippen LogP contribution < -0.4 is 15.8 Å². The van der Waals surface area contributed by atoms with E-state index in [0.717, 1.165) is 6.07 Å². The van der Waals surface area contributed by atoms with Crippen molar-refractivity contribution in [1.29, 1.82) is 0 Å². The molecule has 1 amide bonds. The fraction of sp³-hybridized carbons (Fsp3) is 0.250. The Bertz CT molecular complexity index is 540. The number of benzene rings is 1. The third kappa shape index (κ3) is 5.11. The third-order valence-electron chi connectivity index (χ3n) is 2.10. The van der Waals surface area contributed by atoms with Gasteiger partial charge in [0.25, 0.3) is 0 Å². The molecule has 20 heavy (non-hydrogen) atoms. The number of hydrogen-bond donors (Lipinski definition) is 2. The molecule has 0 radical (unpaired) electrons. The first-order chi connectivity index (χ1) is 9.23. The van der Waals surface area contributed by atoms with E-state index in [4.69, 9.17) is 12.2 Å². The van der Waals surface area contributed by atoms with Crippen molar-refractivity contribution < 1.29 is 22.7 Å². The van der Waals surface area contributed by atoms with Crippen LogP contribution in [0.1, 0.15) is 6.42 Å². The summed E-state index contributed by atoms with van der Waals surface area (Å²) in [6.45, 7) is 0. The van der Waals surface area contributed by atoms with Gasteiger partial charge in [0.1, 0.15) is 0 Å². The maximum absolute atomic E-state index is 12.3. The van der Waals surface area contributed by atoms with Crippen molar-refractivity contribution >= 4 is 27.5 Å². The molecule has 8 heteroatoms. The van der Waals surface area contributed by atoms with Crippen LogP contribution >= 0.6 is 15.9 Å². The summed E-state index contributed by atoms with van der Waals surface area (Å²) in [5, 5.41) is 2.24. The van der Waals surface area contributed by atoms with Gasteiger partial charge >= 0.3 is 6.36 Å². The molecule has 0 saturated carbocycles. The number of nitrogens with one attached hydrogen (secondary N) is 1. The summed E-state index contributed by atoms with van der Waals surface area (Å²) in [5.41, 5.74) is 5.31. The van der Waals surface area contributed by atoms with Crippen LogP contribution in [0.4, 0.5) is 18.9 Å². The van der Waals surface area contributed by atoms with Gasteiger partial charge in [0, 0.05) is 10.9 Å². The number of hydrogen-bond acceptors (Lipinski definition) is 3. The lowest BCUT2D eigenvalue weighted by atomic mass is 10.2. The van der Waals surface area contributed by atoms with Gasteiger partial charge in [0.05, 0.1) is 11.7 Å². The van der Waals surface area contributed by atoms with Gasteiger partial charge in [0.15, 0.2) is 5.75 Å². The molecule has 1 unspecified atom stereocenters. The third-order valence-corrected chi connectivity index (χ3v) is 2.59. The topological polar surface area (TPSA) is 64.4 Å². The zero-order chi connectivity index (χ0) is 15.3. The molecule has 0 aliphatic rings. The van der Waals surface area contributed by atoms with Gasteiger partial charge in [0.2, 0.25) is 5.91 Å². The van der Waals surface area contributed by atoms with Crippen LogP contribution in [0.2, 0.25) is 0 Å². The smallest absolute Gasteiger partial charge is 0.404 e. The molecule has 0 saturated heterocycles. The summed E-state index contributed by atoms with van der Waals surface area (Å²) in [5.74, 6) is 0.947. The summed E-state index contributed by atoms with van der Waals surface area (Å²) in [6, 6.07) is 2.77. The summed E-state index contributed by atoms with van der Waals surface area (Å²) >= 11 is 3.01. The molecule has 1 aromatic carbocycles. The summed E-state index contributed by atoms with van der Waals surface area (Å²) in [4.78, 5) is 11.6. The molecule has 0 heterocycles. The number of rotatable bonds is 4. The van der Waals surface area contributed by atoms with E-state index in [2.05, 4.69) is 31.9 Å². The molecule has 0 fully saturated rings. The Morgan fingerprint density at radius 1 is 1.55 bits per heavy atom. The van der Waals surface area contributed by atoms with E-state index in [1.54, 1.807) is 0 Å². The Morgan fingerprint density at radius 2 is 2.20 bits per heavy atom. The maximum Gasteiger partial charge on any atom is 0.573 e. The van der Waals surface area contributed by atoms with Gasteiger partial charge < -0.3 is 15.8 Å². The number of ether oxygens (including phenoxy) is 1. The second kappa shape index (κ2) is 6.63. The zero-order valence-electron chi connectivity index (χ0n) is 10.00. The number of amides is 1. The highest BCUT2D eigenvalue weighted by molar-refractivity contribution is 9.10. The second-order valence-corrected chi connectivity index (χ2v) is 4.61. The number of terminal acetylenes is 1. The monoisotopic (exact) mass is 350 g/mol. The Balaban J connectivity index is 2.95. The zero-order valence-corrected chi connectivity index (χ0v) is 11.6. The minimum atomic E-state index is -4.87. The molecule has 1 atom stereocenters. The SMILES string of the molecule is C#CCC(N)C(=O)Nc1ccc(Br)cc1OC(F)(F)F. The molecule has 0 aliphatic heterocycles. The highest BCUT2D eigenvalue weighted by Gasteiger charge is 2.32. The Hall–Kier alpha value is -1.72. The van der Waals surface area contributed by atoms with Crippen molar-refractivity contribution in [3.8, 4) is 18.1 Å². The largest absolute Gasteiger partial charge is 0.573 e. The fourth-order valence-corrected chi connectivity index (χ4v) is 1.59. The van der Waals surface area contributed by atoms with E-state index in [-0.39, 0.29) is 12.1 Å². The van der Waals surface area contributed by atoms with Crippen LogP contribution in [0.5, 0.6) is 5.75 Å². The van der Waals surface area contributed by atoms with Gasteiger partial charge in [-0.3, -0.25) is 4.79 Å². The maximum atomic E-state index is 12.3. The van der Waals surface area contributed by atoms with E-state index in [1.165, 1.54) is 12.1 Å². The fourth-order valence-electron chi connectivity index (χ4n) is 1.25. The lowest BCUT2D eigenvalue weighted by Gasteiger charge is -2.15. The van der Waals surface area contributed by atoms with Crippen LogP contribution in [0.3, 0.4) is 0 Å². The molecule has 1 aromatic rings. The van der Waals surface area contributed by atoms with Gasteiger partial charge in [-0.1, -0.05) is 15.9 Å². The molecule has 0 spiro atoms. The van der Waals surface area contributed by atoms with Gasteiger partial charge in [-0.25, -0.2) is 0 Å². The lowest BCUT2D eigenvalue weighted by Crippen LogP contribution is -2.35. The van der Waals surface area contributed by atoms with Crippen molar-refractivity contribution in [3.63, 3.8) is 0 Å². The molecule has 1 rings (SSSR count). The minimum absolute atomic E-state index is 0.0299. The Kier molecular flexibility index (Phi) is 5.42. The Morgan fingerprint density at radius 3 is 2.75 bits per heavy atom. The predicted octanol–water partition coefficient (Wildman–Crippen LogP) is 2.64. The van der Waals surface area contributed by atoms with Crippen molar-refractivity contribution in [1.82, 2.24) is 0 Å². The molecule has 108 valence electrons. The van der Waals surface area contributed by atoms with Crippen LogP contribution in [0.25, 0.3) is 0 Å². The highest BCUT2D eigenvalue weighted by atomic mass is 79.9. The summed E-state index contributed by atoms with van der Waals surface area (Å²) in [6.07, 6.45) is 0.100. The van der Waals surface area contributed by atoms with Crippen molar-refractivity contribution in [2.45, 2.75) is 18.8 Å². The average molecular weight is 351 g/mol. The second-order valence-electron chi connectivity index (χ2n) is 3.69. The van der Waals surface area contributed by atoms with E-state index < -0.39 is 24.1 Å². The number of halogens is 4. The molecule has 0 aliphatic carbocycles. The molecular formula is C12H10BrF3N2O2. The number of anilines is 1. The number of alkyl halides is 3. The van der Waals surface area contributed by atoms with Gasteiger partial charge in [-0.15, -0.1) is 25.5 Å². The van der Waals surface area contributed by atoms with Gasteiger partial charge in [-0.05, 0) is 18.2 Å². The normalized spacial score (nSPS) is 12.4. The van der Waals surface area contributed by atoms with Crippen LogP contribution in [-0.4, -0.2) is 18.3 Å². The lowest BCUT2D eigenvalue weighted by molar-refractivity contribution is -0.274. The molecule has 4 nitrogen and oxygen atoms in total. The van der Waals surface area contributed by atoms with Gasteiger partial charge in [-0.2, -0.15) is 0 Å². The highest BCUT2D eigenvalue weighted by Crippen LogP contribution is 2.33. The Labute approximate surface area is 121 Å². The first-order valence-electron chi connectivity index (χ1n) is 5.28. The molecule has 3 N–H and O–H groups in total. The van der Waals surface area contributed by atoms with Crippen molar-refractivity contribution in [2.24, 2.45) is 5.73 Å². The van der Waals surface area contributed by atoms with E-state index in [1.807, 2.05) is 0 Å². The van der Waals surface area contributed by atoms with Crippen molar-refractivity contribution in [3.05, 3.63) is 22.7 Å². The average Bonchev–Trinajstić information content (AvgIpc) is 2.30. The first-order valence-corrected chi connectivity index (χ1v) is 6.07. The summed E-state index contributed by atoms with van der Waals surface area (Å²) in [7, 11) is 0. The number of carbonyl (C=O) groups is 1. The predicted molar refractivity (Wildman–Crippen MR) is 70.9 cm³/mol. The first kappa shape index (κ1) is 16.3. The molecule has 0 bridgehead atoms. The standard InChI is InChI=1S/C12H10BrF3N2O2/c1-2-3-8(17)11(19)18-9-5-4-7(13)6-10(9)20-12(14,15)16/h1,4-6,8H,3,17H2,(H,18,19). The molecule has 0 aromatic heterocycles. The van der Waals surface area contributed by atoms with E-state index in [9.17, 15) is 18.0 Å². The van der Waals surface area contributed by atoms with E-state index >= 15 is 0 Å². The molecular weight excluding hydrogens is 341 g/mol. The van der Waals surface area contributed by atoms with Crippen LogP contribution in [0, 0.1) is 12.3 Å². The van der Waals surface area contributed by atoms with Crippen LogP contribution in [-0.2, 0) is 4.79 Å². The van der Waals surface area contributed by atoms with Crippen LogP contribution in [0.15, 0.2) is 22.7 Å². The quantitative estimate of drug-likeness (QED) is 0.820.